The summed E-state index contributed by atoms with van der Waals surface area (Å²) in [5.41, 5.74) is 12.6. The number of carbonyl (C=O) groups excluding carboxylic acids is 2. The summed E-state index contributed by atoms with van der Waals surface area (Å²) in [6.07, 6.45) is 3.79. The third kappa shape index (κ3) is 9.16. The number of esters is 1. The van der Waals surface area contributed by atoms with Crippen molar-refractivity contribution in [1.82, 2.24) is 4.90 Å². The summed E-state index contributed by atoms with van der Waals surface area (Å²) in [5, 5.41) is 8.07. The van der Waals surface area contributed by atoms with Crippen LogP contribution < -0.4 is 9.47 Å². The Kier molecular flexibility index (Phi) is 14.4. The molecule has 0 aliphatic heterocycles. The van der Waals surface area contributed by atoms with Gasteiger partial charge >= 0.3 is 5.97 Å². The van der Waals surface area contributed by atoms with Crippen molar-refractivity contribution in [2.45, 2.75) is 52.6 Å². The summed E-state index contributed by atoms with van der Waals surface area (Å²) in [6, 6.07) is 30.0. The number of rotatable bonds is 15. The normalized spacial score (nSPS) is 11.5. The molecule has 0 spiro atoms. The van der Waals surface area contributed by atoms with Crippen molar-refractivity contribution in [2.75, 3.05) is 48.2 Å². The fourth-order valence-electron chi connectivity index (χ4n) is 7.40. The van der Waals surface area contributed by atoms with Gasteiger partial charge in [0, 0.05) is 25.8 Å². The number of hydrogen-bond donors (Lipinski definition) is 1. The van der Waals surface area contributed by atoms with E-state index in [1.54, 1.807) is 27.4 Å². The molecule has 0 amide bonds. The highest BCUT2D eigenvalue weighted by atomic mass is 16.6. The zero-order chi connectivity index (χ0) is 39.5. The van der Waals surface area contributed by atoms with Crippen molar-refractivity contribution in [3.63, 3.8) is 0 Å². The van der Waals surface area contributed by atoms with Crippen molar-refractivity contribution in [2.24, 2.45) is 0 Å². The van der Waals surface area contributed by atoms with E-state index >= 15 is 0 Å². The first kappa shape index (κ1) is 40.9. The zero-order valence-electron chi connectivity index (χ0n) is 33.1. The Hall–Kier alpha value is -5.28. The van der Waals surface area contributed by atoms with Gasteiger partial charge in [0.15, 0.2) is 6.29 Å². The van der Waals surface area contributed by atoms with Gasteiger partial charge in [-0.2, -0.15) is 0 Å². The van der Waals surface area contributed by atoms with Crippen molar-refractivity contribution in [1.29, 1.82) is 0 Å². The van der Waals surface area contributed by atoms with Gasteiger partial charge in [-0.15, -0.1) is 0 Å². The van der Waals surface area contributed by atoms with Crippen LogP contribution in [0.5, 0.6) is 11.5 Å². The Morgan fingerprint density at radius 2 is 1.47 bits per heavy atom. The maximum Gasteiger partial charge on any atom is 0.338 e. The average Bonchev–Trinajstić information content (AvgIpc) is 3.60. The van der Waals surface area contributed by atoms with Crippen LogP contribution in [-0.2, 0) is 22.4 Å². The van der Waals surface area contributed by atoms with Crippen molar-refractivity contribution < 1.29 is 33.6 Å². The Bertz CT molecular complexity index is 2020. The number of ether oxygens (including phenoxy) is 4. The number of aldehydes is 1. The molecule has 0 fully saturated rings. The molecular weight excluding hydrogens is 691 g/mol. The van der Waals surface area contributed by atoms with Crippen LogP contribution >= 0.6 is 0 Å². The Morgan fingerprint density at radius 3 is 2.02 bits per heavy atom. The third-order valence-electron chi connectivity index (χ3n) is 10.3. The molecule has 6 rings (SSSR count). The molecule has 0 atom stereocenters. The molecule has 1 N–H and O–H groups in total. The van der Waals surface area contributed by atoms with E-state index in [1.807, 2.05) is 55.5 Å². The van der Waals surface area contributed by atoms with Crippen LogP contribution in [0.15, 0.2) is 91.0 Å². The second-order valence-corrected chi connectivity index (χ2v) is 13.8. The lowest BCUT2D eigenvalue weighted by molar-refractivity contribution is 0.0388. The lowest BCUT2D eigenvalue weighted by Gasteiger charge is -2.32. The van der Waals surface area contributed by atoms with Crippen molar-refractivity contribution in [3.8, 4) is 33.8 Å². The first-order valence-electron chi connectivity index (χ1n) is 18.8. The van der Waals surface area contributed by atoms with E-state index in [1.165, 1.54) is 5.56 Å². The topological polar surface area (TPSA) is 94.5 Å². The molecule has 0 bridgehead atoms. The first-order valence-corrected chi connectivity index (χ1v) is 18.8. The van der Waals surface area contributed by atoms with Gasteiger partial charge in [-0.1, -0.05) is 67.9 Å². The van der Waals surface area contributed by atoms with Crippen molar-refractivity contribution in [3.05, 3.63) is 141 Å². The largest absolute Gasteiger partial charge is 0.497 e. The number of benzene rings is 5. The smallest absolute Gasteiger partial charge is 0.338 e. The number of aliphatic hydroxyl groups is 1. The summed E-state index contributed by atoms with van der Waals surface area (Å²) in [5.74, 6) is 1.14. The molecule has 8 nitrogen and oxygen atoms in total. The van der Waals surface area contributed by atoms with Crippen LogP contribution in [0.1, 0.15) is 85.5 Å². The molecule has 0 heterocycles. The van der Waals surface area contributed by atoms with Gasteiger partial charge in [0.2, 0.25) is 0 Å². The van der Waals surface area contributed by atoms with E-state index in [9.17, 15) is 9.59 Å². The minimum atomic E-state index is -0.414. The number of methoxy groups -OCH3 is 3. The number of unbranched alkanes of at least 4 members (excludes halogenated alkanes) is 1. The minimum absolute atomic E-state index is 0.164. The van der Waals surface area contributed by atoms with E-state index in [2.05, 4.69) is 62.2 Å². The molecule has 5 aromatic carbocycles. The summed E-state index contributed by atoms with van der Waals surface area (Å²) < 4.78 is 21.5. The van der Waals surface area contributed by atoms with E-state index < -0.39 is 5.97 Å². The average molecular weight is 744 g/mol. The van der Waals surface area contributed by atoms with Crippen molar-refractivity contribution >= 4 is 12.3 Å². The summed E-state index contributed by atoms with van der Waals surface area (Å²) in [7, 11) is 6.98. The van der Waals surface area contributed by atoms with Crippen LogP contribution in [0.3, 0.4) is 0 Å². The summed E-state index contributed by atoms with van der Waals surface area (Å²) in [6.45, 7) is 7.51. The van der Waals surface area contributed by atoms with Gasteiger partial charge in [0.05, 0.1) is 32.4 Å². The Labute approximate surface area is 325 Å². The first-order chi connectivity index (χ1) is 26.7. The Balaban J connectivity index is 0.00000109. The van der Waals surface area contributed by atoms with Gasteiger partial charge in [0.25, 0.3) is 0 Å². The number of hydrogen-bond acceptors (Lipinski definition) is 8. The second kappa shape index (κ2) is 19.4. The third-order valence-corrected chi connectivity index (χ3v) is 10.3. The number of carbonyl (C=O) groups is 2. The molecule has 0 saturated heterocycles. The number of fused-ring (bicyclic) bond motifs is 3. The maximum atomic E-state index is 13.4. The molecule has 1 aliphatic rings. The highest BCUT2D eigenvalue weighted by Crippen LogP contribution is 2.47. The van der Waals surface area contributed by atoms with Gasteiger partial charge in [-0.05, 0) is 131 Å². The van der Waals surface area contributed by atoms with Gasteiger partial charge in [-0.25, -0.2) is 4.79 Å². The van der Waals surface area contributed by atoms with Crippen LogP contribution in [0.25, 0.3) is 22.3 Å². The standard InChI is InChI=1S/C43H43NO6.C4H10O/c1-27-11-12-32(43(46)50-22-21-47-4)24-36(27)40-28(2)37-23-31-9-7-8-10-35(31)41(37)39(26-45)38(40)25-44(3)42(29-13-17-33(48-5)18-14-29)30-15-19-34(49-6)20-16-30;1-2-3-4-5/h7-20,24,26,42H,21-23,25H2,1-6H3;5H,2-4H2,1H3. The van der Waals surface area contributed by atoms with Crippen LogP contribution in [0, 0.1) is 13.8 Å². The zero-order valence-corrected chi connectivity index (χ0v) is 33.1. The molecule has 1 aliphatic carbocycles. The summed E-state index contributed by atoms with van der Waals surface area (Å²) >= 11 is 0. The molecule has 8 heteroatoms. The molecule has 0 saturated carbocycles. The Morgan fingerprint density at radius 1 is 0.836 bits per heavy atom. The quantitative estimate of drug-likeness (QED) is 0.0633. The second-order valence-electron chi connectivity index (χ2n) is 13.8. The van der Waals surface area contributed by atoms with Gasteiger partial charge in [-0.3, -0.25) is 9.69 Å². The molecule has 0 radical (unpaired) electrons. The lowest BCUT2D eigenvalue weighted by Crippen LogP contribution is -2.26. The predicted octanol–water partition coefficient (Wildman–Crippen LogP) is 9.17. The molecule has 5 aromatic rings. The number of aryl methyl sites for hydroxylation is 1. The van der Waals surface area contributed by atoms with Crippen LogP contribution in [0.2, 0.25) is 0 Å². The molecule has 0 aromatic heterocycles. The minimum Gasteiger partial charge on any atom is -0.497 e. The van der Waals surface area contributed by atoms with Gasteiger partial charge in [0.1, 0.15) is 18.1 Å². The number of aliphatic hydroxyl groups excluding tert-OH is 1. The maximum absolute atomic E-state index is 13.4. The van der Waals surface area contributed by atoms with Gasteiger partial charge < -0.3 is 24.1 Å². The molecule has 288 valence electrons. The SMILES string of the molecule is CCCCO.COCCOC(=O)c1ccc(C)c(-c2c(C)c3c(c(C=O)c2CN(C)C(c2ccc(OC)cc2)c2ccc(OC)cc2)-c2ccccc2C3)c1. The van der Waals surface area contributed by atoms with E-state index in [0.717, 1.165) is 92.7 Å². The molecule has 0 unspecified atom stereocenters. The monoisotopic (exact) mass is 743 g/mol. The molecule has 55 heavy (non-hydrogen) atoms. The van der Waals surface area contributed by atoms with E-state index in [0.29, 0.717) is 30.9 Å². The lowest BCUT2D eigenvalue weighted by atomic mass is 9.82. The van der Waals surface area contributed by atoms with E-state index in [-0.39, 0.29) is 12.6 Å². The fraction of sp³-hybridized carbons (Fsp3) is 0.319. The predicted molar refractivity (Wildman–Crippen MR) is 218 cm³/mol. The van der Waals surface area contributed by atoms with Crippen LogP contribution in [-0.4, -0.2) is 70.5 Å². The molecular formula is C47H53NO7. The highest BCUT2D eigenvalue weighted by molar-refractivity contribution is 6.00. The summed E-state index contributed by atoms with van der Waals surface area (Å²) in [4.78, 5) is 28.8. The fourth-order valence-corrected chi connectivity index (χ4v) is 7.40. The van der Waals surface area contributed by atoms with Crippen LogP contribution in [0.4, 0.5) is 0 Å². The number of nitrogens with zero attached hydrogens (tertiary/aromatic N) is 1. The highest BCUT2D eigenvalue weighted by Gasteiger charge is 2.31. The van der Waals surface area contributed by atoms with E-state index in [4.69, 9.17) is 24.1 Å².